The van der Waals surface area contributed by atoms with Crippen molar-refractivity contribution in [2.24, 2.45) is 11.1 Å². The number of hydrogen-bond acceptors (Lipinski definition) is 3. The molecule has 0 bridgehead atoms. The Hall–Kier alpha value is -2.82. The van der Waals surface area contributed by atoms with Crippen LogP contribution in [-0.4, -0.2) is 41.0 Å². The molecule has 0 radical (unpaired) electrons. The van der Waals surface area contributed by atoms with Crippen LogP contribution in [0.1, 0.15) is 64.7 Å². The van der Waals surface area contributed by atoms with E-state index in [9.17, 15) is 9.90 Å². The van der Waals surface area contributed by atoms with E-state index in [1.807, 2.05) is 4.90 Å². The molecule has 2 aliphatic rings. The van der Waals surface area contributed by atoms with Crippen LogP contribution in [0.3, 0.4) is 0 Å². The molecule has 2 aliphatic heterocycles. The highest BCUT2D eigenvalue weighted by molar-refractivity contribution is 5.81. The SMILES string of the molecule is CC/C=C/C/C=C/C/C=C/C/C=C/C/C=C/C/C=C/CCC(=O)N1CCC2ON=C(O)C2C1. The molecule has 2 atom stereocenters. The molecule has 0 aliphatic carbocycles. The Labute approximate surface area is 199 Å². The van der Waals surface area contributed by atoms with Crippen molar-refractivity contribution in [2.45, 2.75) is 70.8 Å². The molecule has 5 heteroatoms. The number of hydrogen-bond donors (Lipinski definition) is 1. The molecular formula is C28H40N2O3. The van der Waals surface area contributed by atoms with E-state index in [1.165, 1.54) is 0 Å². The standard InChI is InChI=1S/C28H40N2O3/c1-2-3-4-5-6-7-8-9-10-11-12-13-14-15-16-17-18-19-20-21-27(31)30-23-22-26-25(24-30)28(32)29-33-26/h3-4,6-7,9-10,12-13,15-16,18-19,25-26H,2,5,8,11,14,17,20-24H2,1H3,(H,29,32)/b4-3+,7-6+,10-9+,13-12+,16-15+,19-18+. The Morgan fingerprint density at radius 3 is 1.97 bits per heavy atom. The van der Waals surface area contributed by atoms with Gasteiger partial charge in [0.2, 0.25) is 11.8 Å². The average Bonchev–Trinajstić information content (AvgIpc) is 3.20. The number of amides is 1. The first-order chi connectivity index (χ1) is 16.2. The van der Waals surface area contributed by atoms with E-state index < -0.39 is 0 Å². The van der Waals surface area contributed by atoms with Crippen LogP contribution in [0.25, 0.3) is 0 Å². The van der Waals surface area contributed by atoms with Gasteiger partial charge in [0, 0.05) is 25.9 Å². The fourth-order valence-corrected chi connectivity index (χ4v) is 3.73. The molecule has 33 heavy (non-hydrogen) atoms. The molecule has 0 aromatic carbocycles. The highest BCUT2D eigenvalue weighted by Gasteiger charge is 2.40. The smallest absolute Gasteiger partial charge is 0.232 e. The number of aliphatic hydroxyl groups is 1. The molecule has 1 amide bonds. The summed E-state index contributed by atoms with van der Waals surface area (Å²) in [5.41, 5.74) is 0. The number of fused-ring (bicyclic) bond motifs is 1. The molecule has 180 valence electrons. The minimum atomic E-state index is -0.159. The van der Waals surface area contributed by atoms with Gasteiger partial charge in [-0.05, 0) is 44.9 Å². The summed E-state index contributed by atoms with van der Waals surface area (Å²) in [7, 11) is 0. The maximum Gasteiger partial charge on any atom is 0.232 e. The van der Waals surface area contributed by atoms with Gasteiger partial charge < -0.3 is 14.8 Å². The van der Waals surface area contributed by atoms with Crippen molar-refractivity contribution < 1.29 is 14.7 Å². The van der Waals surface area contributed by atoms with Gasteiger partial charge in [0.1, 0.15) is 6.10 Å². The van der Waals surface area contributed by atoms with Gasteiger partial charge in [-0.3, -0.25) is 4.79 Å². The van der Waals surface area contributed by atoms with Gasteiger partial charge in [-0.2, -0.15) is 0 Å². The fourth-order valence-electron chi connectivity index (χ4n) is 3.73. The number of aliphatic hydroxyl groups excluding tert-OH is 1. The summed E-state index contributed by atoms with van der Waals surface area (Å²) in [6.45, 7) is 3.33. The van der Waals surface area contributed by atoms with Gasteiger partial charge in [0.15, 0.2) is 0 Å². The van der Waals surface area contributed by atoms with Crippen LogP contribution in [0.2, 0.25) is 0 Å². The summed E-state index contributed by atoms with van der Waals surface area (Å²) in [6, 6.07) is 0. The largest absolute Gasteiger partial charge is 0.494 e. The van der Waals surface area contributed by atoms with Gasteiger partial charge in [0.05, 0.1) is 5.92 Å². The van der Waals surface area contributed by atoms with E-state index in [0.29, 0.717) is 19.5 Å². The Morgan fingerprint density at radius 1 is 0.909 bits per heavy atom. The molecule has 0 saturated carbocycles. The Bertz CT molecular complexity index is 774. The number of rotatable bonds is 14. The first-order valence-electron chi connectivity index (χ1n) is 12.3. The van der Waals surface area contributed by atoms with Crippen LogP contribution in [0, 0.1) is 5.92 Å². The number of allylic oxidation sites excluding steroid dienone is 12. The van der Waals surface area contributed by atoms with Crippen molar-refractivity contribution in [1.82, 2.24) is 4.90 Å². The van der Waals surface area contributed by atoms with Crippen molar-refractivity contribution >= 4 is 11.8 Å². The van der Waals surface area contributed by atoms with Crippen LogP contribution in [0.5, 0.6) is 0 Å². The van der Waals surface area contributed by atoms with E-state index >= 15 is 0 Å². The third-order valence-corrected chi connectivity index (χ3v) is 5.64. The lowest BCUT2D eigenvalue weighted by molar-refractivity contribution is -0.134. The van der Waals surface area contributed by atoms with Crippen LogP contribution < -0.4 is 0 Å². The second kappa shape index (κ2) is 16.8. The van der Waals surface area contributed by atoms with Crippen molar-refractivity contribution in [2.75, 3.05) is 13.1 Å². The summed E-state index contributed by atoms with van der Waals surface area (Å²) < 4.78 is 0. The molecule has 2 rings (SSSR count). The first-order valence-corrected chi connectivity index (χ1v) is 12.3. The minimum absolute atomic E-state index is 0.0226. The Kier molecular flexibility index (Phi) is 13.4. The third-order valence-electron chi connectivity index (χ3n) is 5.64. The zero-order valence-corrected chi connectivity index (χ0v) is 20.0. The average molecular weight is 453 g/mol. The molecule has 0 spiro atoms. The summed E-state index contributed by atoms with van der Waals surface area (Å²) in [5.74, 6) is -0.00397. The summed E-state index contributed by atoms with van der Waals surface area (Å²) >= 11 is 0. The lowest BCUT2D eigenvalue weighted by Crippen LogP contribution is -2.47. The number of carbonyl (C=O) groups excluding carboxylic acids is 1. The maximum absolute atomic E-state index is 12.4. The molecule has 2 heterocycles. The number of piperidine rings is 1. The quantitative estimate of drug-likeness (QED) is 0.303. The Balaban J connectivity index is 1.46. The summed E-state index contributed by atoms with van der Waals surface area (Å²) in [5, 5.41) is 13.4. The van der Waals surface area contributed by atoms with Crippen LogP contribution in [0.4, 0.5) is 0 Å². The number of nitrogens with zero attached hydrogens (tertiary/aromatic N) is 2. The highest BCUT2D eigenvalue weighted by Crippen LogP contribution is 2.26. The molecule has 5 nitrogen and oxygen atoms in total. The van der Waals surface area contributed by atoms with E-state index in [2.05, 4.69) is 85.0 Å². The predicted octanol–water partition coefficient (Wildman–Crippen LogP) is 6.58. The normalized spacial score (nSPS) is 21.4. The molecule has 1 saturated heterocycles. The highest BCUT2D eigenvalue weighted by atomic mass is 16.7. The molecule has 0 aromatic heterocycles. The lowest BCUT2D eigenvalue weighted by atomic mass is 9.95. The van der Waals surface area contributed by atoms with Gasteiger partial charge in [-0.1, -0.05) is 85.0 Å². The number of likely N-dealkylation sites (tertiary alicyclic amines) is 1. The second-order valence-corrected chi connectivity index (χ2v) is 8.28. The zero-order chi connectivity index (χ0) is 23.6. The Morgan fingerprint density at radius 2 is 1.42 bits per heavy atom. The maximum atomic E-state index is 12.4. The molecule has 1 N–H and O–H groups in total. The second-order valence-electron chi connectivity index (χ2n) is 8.28. The van der Waals surface area contributed by atoms with Crippen LogP contribution in [-0.2, 0) is 9.63 Å². The van der Waals surface area contributed by atoms with E-state index in [1.54, 1.807) is 0 Å². The lowest BCUT2D eigenvalue weighted by Gasteiger charge is -2.32. The van der Waals surface area contributed by atoms with Crippen molar-refractivity contribution in [3.8, 4) is 0 Å². The van der Waals surface area contributed by atoms with Gasteiger partial charge >= 0.3 is 0 Å². The number of carbonyl (C=O) groups is 1. The van der Waals surface area contributed by atoms with Gasteiger partial charge in [0.25, 0.3) is 0 Å². The van der Waals surface area contributed by atoms with Crippen molar-refractivity contribution in [3.63, 3.8) is 0 Å². The fraction of sp³-hybridized carbons (Fsp3) is 0.500. The predicted molar refractivity (Wildman–Crippen MR) is 137 cm³/mol. The minimum Gasteiger partial charge on any atom is -0.494 e. The van der Waals surface area contributed by atoms with Crippen molar-refractivity contribution in [1.29, 1.82) is 0 Å². The number of oxime groups is 1. The molecule has 0 aromatic rings. The summed E-state index contributed by atoms with van der Waals surface area (Å²) in [4.78, 5) is 19.4. The molecule has 1 fully saturated rings. The first kappa shape index (κ1) is 26.4. The van der Waals surface area contributed by atoms with E-state index in [-0.39, 0.29) is 23.8 Å². The van der Waals surface area contributed by atoms with Crippen molar-refractivity contribution in [3.05, 3.63) is 72.9 Å². The van der Waals surface area contributed by atoms with E-state index in [4.69, 9.17) is 4.84 Å². The topological polar surface area (TPSA) is 62.1 Å². The van der Waals surface area contributed by atoms with Crippen LogP contribution in [0.15, 0.2) is 78.1 Å². The van der Waals surface area contributed by atoms with Gasteiger partial charge in [-0.15, -0.1) is 0 Å². The molecule has 2 unspecified atom stereocenters. The monoisotopic (exact) mass is 452 g/mol. The summed E-state index contributed by atoms with van der Waals surface area (Å²) in [6.07, 6.45) is 34.0. The third kappa shape index (κ3) is 11.0. The van der Waals surface area contributed by atoms with E-state index in [0.717, 1.165) is 51.4 Å². The molecular weight excluding hydrogens is 412 g/mol. The van der Waals surface area contributed by atoms with Gasteiger partial charge in [-0.25, -0.2) is 0 Å². The zero-order valence-electron chi connectivity index (χ0n) is 20.0. The van der Waals surface area contributed by atoms with Crippen LogP contribution >= 0.6 is 0 Å².